The molecule has 0 heterocycles. The lowest BCUT2D eigenvalue weighted by Gasteiger charge is -2.19. The van der Waals surface area contributed by atoms with E-state index in [0.717, 1.165) is 15.4 Å². The Morgan fingerprint density at radius 2 is 1.44 bits per heavy atom. The summed E-state index contributed by atoms with van der Waals surface area (Å²) in [5, 5.41) is 0. The molecule has 3 rings (SSSR count). The van der Waals surface area contributed by atoms with Crippen molar-refractivity contribution in [3.8, 4) is 5.75 Å². The smallest absolute Gasteiger partial charge is 0.409 e. The Kier molecular flexibility index (Phi) is 6.04. The van der Waals surface area contributed by atoms with Crippen molar-refractivity contribution in [1.82, 2.24) is 3.71 Å². The number of amides is 1. The van der Waals surface area contributed by atoms with Gasteiger partial charge in [-0.25, -0.2) is 4.79 Å². The van der Waals surface area contributed by atoms with Crippen LogP contribution in [-0.2, 0) is 0 Å². The number of carbonyl (C=O) groups is 1. The molecule has 0 N–H and O–H groups in total. The molecule has 0 spiro atoms. The number of rotatable bonds is 5. The van der Waals surface area contributed by atoms with Crippen LogP contribution >= 0.6 is 23.9 Å². The van der Waals surface area contributed by atoms with Gasteiger partial charge in [0.15, 0.2) is 0 Å². The summed E-state index contributed by atoms with van der Waals surface area (Å²) in [4.78, 5) is 14.6. The van der Waals surface area contributed by atoms with Crippen LogP contribution in [0, 0.1) is 13.0 Å². The Morgan fingerprint density at radius 1 is 0.880 bits per heavy atom. The molecule has 0 fully saturated rings. The molecule has 3 aromatic rings. The lowest BCUT2D eigenvalue weighted by Crippen LogP contribution is -2.21. The molecule has 25 heavy (non-hydrogen) atoms. The second-order valence-corrected chi connectivity index (χ2v) is 7.41. The standard InChI is InChI=1S/C20H16NO2S2/c1-16-12-14-17(15-13-16)23-20(22)21(24-18-8-4-2-5-9-18)25-19-10-6-3-7-11-19/h2-12,14-15H,1H3. The van der Waals surface area contributed by atoms with Gasteiger partial charge in [0, 0.05) is 33.7 Å². The number of aryl methyl sites for hydroxylation is 1. The van der Waals surface area contributed by atoms with Gasteiger partial charge in [0.05, 0.1) is 0 Å². The van der Waals surface area contributed by atoms with E-state index >= 15 is 0 Å². The summed E-state index contributed by atoms with van der Waals surface area (Å²) < 4.78 is 7.02. The highest BCUT2D eigenvalue weighted by Gasteiger charge is 2.19. The molecule has 3 aromatic carbocycles. The van der Waals surface area contributed by atoms with Crippen molar-refractivity contribution in [2.45, 2.75) is 16.7 Å². The van der Waals surface area contributed by atoms with Gasteiger partial charge in [-0.15, -0.1) is 0 Å². The van der Waals surface area contributed by atoms with Crippen LogP contribution in [0.2, 0.25) is 0 Å². The highest BCUT2D eigenvalue weighted by Crippen LogP contribution is 2.34. The van der Waals surface area contributed by atoms with E-state index in [2.05, 4.69) is 6.07 Å². The van der Waals surface area contributed by atoms with Crippen LogP contribution in [-0.4, -0.2) is 9.80 Å². The largest absolute Gasteiger partial charge is 0.436 e. The first-order valence-corrected chi connectivity index (χ1v) is 9.22. The van der Waals surface area contributed by atoms with Gasteiger partial charge in [-0.3, -0.25) is 0 Å². The molecule has 0 aromatic heterocycles. The summed E-state index contributed by atoms with van der Waals surface area (Å²) in [6.07, 6.45) is -0.444. The van der Waals surface area contributed by atoms with Crippen LogP contribution < -0.4 is 4.74 Å². The molecule has 1 amide bonds. The van der Waals surface area contributed by atoms with Gasteiger partial charge in [0.25, 0.3) is 0 Å². The van der Waals surface area contributed by atoms with Crippen LogP contribution in [0.1, 0.15) is 5.56 Å². The number of benzene rings is 3. The van der Waals surface area contributed by atoms with Crippen LogP contribution in [0.5, 0.6) is 5.75 Å². The fourth-order valence-corrected chi connectivity index (χ4v) is 3.77. The van der Waals surface area contributed by atoms with Crippen molar-refractivity contribution in [3.63, 3.8) is 0 Å². The predicted octanol–water partition coefficient (Wildman–Crippen LogP) is 6.01. The second kappa shape index (κ2) is 8.65. The van der Waals surface area contributed by atoms with Crippen LogP contribution in [0.15, 0.2) is 88.7 Å². The molecule has 0 saturated carbocycles. The van der Waals surface area contributed by atoms with E-state index < -0.39 is 6.09 Å². The van der Waals surface area contributed by atoms with Gasteiger partial charge in [0.2, 0.25) is 0 Å². The molecule has 125 valence electrons. The number of hydrogen-bond acceptors (Lipinski definition) is 4. The molecule has 1 radical (unpaired) electrons. The summed E-state index contributed by atoms with van der Waals surface area (Å²) in [5.74, 6) is 0.475. The van der Waals surface area contributed by atoms with Gasteiger partial charge in [0.1, 0.15) is 5.75 Å². The zero-order valence-corrected chi connectivity index (χ0v) is 15.2. The average molecular weight is 366 g/mol. The van der Waals surface area contributed by atoms with E-state index in [1.807, 2.05) is 73.7 Å². The third kappa shape index (κ3) is 5.31. The van der Waals surface area contributed by atoms with E-state index in [1.165, 1.54) is 27.6 Å². The summed E-state index contributed by atoms with van der Waals surface area (Å²) in [5.41, 5.74) is 0.994. The third-order valence-electron chi connectivity index (χ3n) is 3.16. The van der Waals surface area contributed by atoms with Crippen molar-refractivity contribution in [1.29, 1.82) is 0 Å². The van der Waals surface area contributed by atoms with E-state index in [0.29, 0.717) is 5.75 Å². The third-order valence-corrected chi connectivity index (χ3v) is 5.20. The number of nitrogens with zero attached hydrogens (tertiary/aromatic N) is 1. The Labute approximate surface area is 156 Å². The zero-order valence-electron chi connectivity index (χ0n) is 13.6. The summed E-state index contributed by atoms with van der Waals surface area (Å²) in [7, 11) is 0. The Morgan fingerprint density at radius 3 is 1.92 bits per heavy atom. The van der Waals surface area contributed by atoms with E-state index in [4.69, 9.17) is 4.74 Å². The topological polar surface area (TPSA) is 29.5 Å². The predicted molar refractivity (Wildman–Crippen MR) is 102 cm³/mol. The second-order valence-electron chi connectivity index (χ2n) is 5.14. The van der Waals surface area contributed by atoms with Crippen molar-refractivity contribution < 1.29 is 9.53 Å². The molecule has 0 unspecified atom stereocenters. The maximum atomic E-state index is 12.7. The first-order valence-electron chi connectivity index (χ1n) is 7.67. The molecular formula is C20H16NO2S2. The number of ether oxygens (including phenoxy) is 1. The van der Waals surface area contributed by atoms with Gasteiger partial charge in [-0.2, -0.15) is 3.71 Å². The molecule has 0 aliphatic heterocycles. The molecule has 0 aliphatic carbocycles. The fraction of sp³-hybridized carbons (Fsp3) is 0.0500. The molecular weight excluding hydrogens is 350 g/mol. The van der Waals surface area contributed by atoms with Crippen LogP contribution in [0.4, 0.5) is 4.79 Å². The zero-order chi connectivity index (χ0) is 17.5. The van der Waals surface area contributed by atoms with Crippen molar-refractivity contribution in [3.05, 3.63) is 90.5 Å². The van der Waals surface area contributed by atoms with E-state index in [1.54, 1.807) is 12.1 Å². The van der Waals surface area contributed by atoms with Gasteiger partial charge < -0.3 is 4.74 Å². The molecule has 0 saturated heterocycles. The summed E-state index contributed by atoms with van der Waals surface area (Å²) in [6, 6.07) is 27.8. The first kappa shape index (κ1) is 17.5. The molecule has 3 nitrogen and oxygen atoms in total. The fourth-order valence-electron chi connectivity index (χ4n) is 1.94. The number of hydrogen-bond donors (Lipinski definition) is 0. The lowest BCUT2D eigenvalue weighted by atomic mass is 10.2. The summed E-state index contributed by atoms with van der Waals surface area (Å²) >= 11 is 2.65. The van der Waals surface area contributed by atoms with Crippen LogP contribution in [0.3, 0.4) is 0 Å². The lowest BCUT2D eigenvalue weighted by molar-refractivity contribution is 0.197. The molecule has 0 aliphatic rings. The maximum absolute atomic E-state index is 12.7. The number of carbonyl (C=O) groups excluding carboxylic acids is 1. The Bertz CT molecular complexity index is 767. The van der Waals surface area contributed by atoms with Gasteiger partial charge in [-0.05, 0) is 55.0 Å². The van der Waals surface area contributed by atoms with Gasteiger partial charge in [-0.1, -0.05) is 42.5 Å². The van der Waals surface area contributed by atoms with Crippen molar-refractivity contribution >= 4 is 30.0 Å². The minimum atomic E-state index is -0.444. The van der Waals surface area contributed by atoms with E-state index in [9.17, 15) is 4.79 Å². The molecule has 0 atom stereocenters. The monoisotopic (exact) mass is 366 g/mol. The minimum Gasteiger partial charge on any atom is -0.409 e. The van der Waals surface area contributed by atoms with Crippen molar-refractivity contribution in [2.24, 2.45) is 0 Å². The van der Waals surface area contributed by atoms with E-state index in [-0.39, 0.29) is 0 Å². The highest BCUT2D eigenvalue weighted by atomic mass is 32.2. The SMILES string of the molecule is Cc1[c]cc(OC(=O)N(Sc2ccccc2)Sc2ccccc2)cc1. The minimum absolute atomic E-state index is 0.444. The molecule has 0 bridgehead atoms. The normalized spacial score (nSPS) is 10.3. The van der Waals surface area contributed by atoms with Crippen molar-refractivity contribution in [2.75, 3.05) is 0 Å². The highest BCUT2D eigenvalue weighted by molar-refractivity contribution is 8.12. The quantitative estimate of drug-likeness (QED) is 0.517. The Hall–Kier alpha value is -2.37. The average Bonchev–Trinajstić information content (AvgIpc) is 2.65. The summed E-state index contributed by atoms with van der Waals surface area (Å²) in [6.45, 7) is 1.94. The molecule has 5 heteroatoms. The Balaban J connectivity index is 1.76. The first-order chi connectivity index (χ1) is 12.2. The van der Waals surface area contributed by atoms with Gasteiger partial charge >= 0.3 is 6.09 Å². The van der Waals surface area contributed by atoms with Crippen LogP contribution in [0.25, 0.3) is 0 Å². The maximum Gasteiger partial charge on any atom is 0.436 e.